The molecule has 1 saturated heterocycles. The van der Waals surface area contributed by atoms with Gasteiger partial charge in [-0.15, -0.1) is 34.2 Å². The van der Waals surface area contributed by atoms with Crippen molar-refractivity contribution in [3.63, 3.8) is 0 Å². The fourth-order valence-electron chi connectivity index (χ4n) is 2.88. The van der Waals surface area contributed by atoms with E-state index in [1.54, 1.807) is 6.26 Å². The Labute approximate surface area is 188 Å². The molecule has 2 N–H and O–H groups in total. The summed E-state index contributed by atoms with van der Waals surface area (Å²) in [7, 11) is 1.95. The standard InChI is InChI=1S/C19H30N6O3.HI/c1-15-23-24-18(25(15)2)13-22-19(21-12-16-6-3-10-27-16)20-8-5-9-26-14-17-7-4-11-28-17;/h4,7,11,16H,3,5-6,8-10,12-14H2,1-2H3,(H2,20,21,22);1H. The Hall–Kier alpha value is -1.66. The van der Waals surface area contributed by atoms with Gasteiger partial charge in [-0.2, -0.15) is 0 Å². The predicted octanol–water partition coefficient (Wildman–Crippen LogP) is 2.16. The largest absolute Gasteiger partial charge is 0.467 e. The van der Waals surface area contributed by atoms with Gasteiger partial charge in [0.05, 0.1) is 12.4 Å². The molecule has 0 spiro atoms. The SMILES string of the molecule is Cc1nnc(CN=C(NCCCOCc2ccco2)NCC2CCCO2)n1C.I. The summed E-state index contributed by atoms with van der Waals surface area (Å²) in [5, 5.41) is 15.0. The zero-order valence-electron chi connectivity index (χ0n) is 17.1. The smallest absolute Gasteiger partial charge is 0.191 e. The summed E-state index contributed by atoms with van der Waals surface area (Å²) in [6.07, 6.45) is 4.98. The van der Waals surface area contributed by atoms with Crippen LogP contribution in [0.15, 0.2) is 27.8 Å². The molecule has 0 radical (unpaired) electrons. The lowest BCUT2D eigenvalue weighted by Crippen LogP contribution is -2.41. The van der Waals surface area contributed by atoms with E-state index >= 15 is 0 Å². The number of aliphatic imine (C=N–C) groups is 1. The van der Waals surface area contributed by atoms with Crippen molar-refractivity contribution in [3.8, 4) is 0 Å². The molecule has 0 saturated carbocycles. The number of hydrogen-bond donors (Lipinski definition) is 2. The van der Waals surface area contributed by atoms with Crippen LogP contribution in [0.4, 0.5) is 0 Å². The number of aromatic nitrogens is 3. The Morgan fingerprint density at radius 1 is 1.38 bits per heavy atom. The molecule has 0 aliphatic carbocycles. The Kier molecular flexibility index (Phi) is 10.4. The van der Waals surface area contributed by atoms with Crippen LogP contribution >= 0.6 is 24.0 Å². The van der Waals surface area contributed by atoms with Crippen molar-refractivity contribution >= 4 is 29.9 Å². The fraction of sp³-hybridized carbons (Fsp3) is 0.632. The summed E-state index contributed by atoms with van der Waals surface area (Å²) < 4.78 is 18.5. The Bertz CT molecular complexity index is 728. The topological polar surface area (TPSA) is 98.7 Å². The number of aryl methyl sites for hydroxylation is 1. The Morgan fingerprint density at radius 2 is 2.28 bits per heavy atom. The molecular formula is C19H31IN6O3. The van der Waals surface area contributed by atoms with E-state index in [2.05, 4.69) is 25.8 Å². The van der Waals surface area contributed by atoms with Crippen molar-refractivity contribution in [2.45, 2.75) is 45.4 Å². The normalized spacial score (nSPS) is 16.6. The van der Waals surface area contributed by atoms with Crippen molar-refractivity contribution in [3.05, 3.63) is 35.8 Å². The number of furan rings is 1. The Balaban J connectivity index is 0.00000300. The summed E-state index contributed by atoms with van der Waals surface area (Å²) in [6, 6.07) is 3.77. The first-order valence-electron chi connectivity index (χ1n) is 9.81. The average molecular weight is 518 g/mol. The molecule has 1 aliphatic heterocycles. The second kappa shape index (κ2) is 12.8. The highest BCUT2D eigenvalue weighted by molar-refractivity contribution is 14.0. The van der Waals surface area contributed by atoms with Crippen molar-refractivity contribution in [1.82, 2.24) is 25.4 Å². The molecule has 9 nitrogen and oxygen atoms in total. The van der Waals surface area contributed by atoms with Gasteiger partial charge in [-0.3, -0.25) is 0 Å². The van der Waals surface area contributed by atoms with Crippen molar-refractivity contribution in [1.29, 1.82) is 0 Å². The molecule has 1 atom stereocenters. The molecule has 3 heterocycles. The van der Waals surface area contributed by atoms with Crippen LogP contribution in [0.1, 0.15) is 36.7 Å². The number of rotatable bonds is 10. The third-order valence-electron chi connectivity index (χ3n) is 4.66. The third kappa shape index (κ3) is 7.94. The molecule has 162 valence electrons. The van der Waals surface area contributed by atoms with E-state index in [0.717, 1.165) is 62.3 Å². The maximum absolute atomic E-state index is 5.68. The van der Waals surface area contributed by atoms with Gasteiger partial charge < -0.3 is 29.1 Å². The van der Waals surface area contributed by atoms with E-state index < -0.39 is 0 Å². The molecule has 2 aromatic heterocycles. The first-order chi connectivity index (χ1) is 13.7. The average Bonchev–Trinajstić information content (AvgIpc) is 3.45. The van der Waals surface area contributed by atoms with Crippen LogP contribution in [0, 0.1) is 6.92 Å². The molecule has 1 fully saturated rings. The van der Waals surface area contributed by atoms with E-state index in [4.69, 9.17) is 13.9 Å². The van der Waals surface area contributed by atoms with Gasteiger partial charge in [-0.05, 0) is 38.3 Å². The minimum Gasteiger partial charge on any atom is -0.467 e. The van der Waals surface area contributed by atoms with Crippen molar-refractivity contribution in [2.75, 3.05) is 26.3 Å². The second-order valence-electron chi connectivity index (χ2n) is 6.82. The van der Waals surface area contributed by atoms with Gasteiger partial charge >= 0.3 is 0 Å². The van der Waals surface area contributed by atoms with Gasteiger partial charge in [-0.25, -0.2) is 4.99 Å². The van der Waals surface area contributed by atoms with Gasteiger partial charge in [0.2, 0.25) is 0 Å². The molecule has 29 heavy (non-hydrogen) atoms. The lowest BCUT2D eigenvalue weighted by atomic mass is 10.2. The van der Waals surface area contributed by atoms with Crippen LogP contribution in [-0.4, -0.2) is 53.1 Å². The lowest BCUT2D eigenvalue weighted by molar-refractivity contribution is 0.104. The number of halogens is 1. The minimum absolute atomic E-state index is 0. The minimum atomic E-state index is 0. The quantitative estimate of drug-likeness (QED) is 0.215. The number of guanidine groups is 1. The molecule has 2 aromatic rings. The van der Waals surface area contributed by atoms with Crippen molar-refractivity contribution in [2.24, 2.45) is 12.0 Å². The van der Waals surface area contributed by atoms with E-state index in [0.29, 0.717) is 19.8 Å². The summed E-state index contributed by atoms with van der Waals surface area (Å²) in [4.78, 5) is 4.65. The number of nitrogens with one attached hydrogen (secondary N) is 2. The van der Waals surface area contributed by atoms with Gasteiger partial charge in [0.25, 0.3) is 0 Å². The maximum Gasteiger partial charge on any atom is 0.191 e. The number of nitrogens with zero attached hydrogens (tertiary/aromatic N) is 4. The first kappa shape index (κ1) is 23.6. The molecule has 10 heteroatoms. The molecule has 3 rings (SSSR count). The van der Waals surface area contributed by atoms with E-state index in [1.807, 2.05) is 30.7 Å². The highest BCUT2D eigenvalue weighted by Gasteiger charge is 2.15. The molecule has 0 aromatic carbocycles. The predicted molar refractivity (Wildman–Crippen MR) is 120 cm³/mol. The summed E-state index contributed by atoms with van der Waals surface area (Å²) >= 11 is 0. The lowest BCUT2D eigenvalue weighted by Gasteiger charge is -2.15. The van der Waals surface area contributed by atoms with Crippen LogP contribution in [0.25, 0.3) is 0 Å². The van der Waals surface area contributed by atoms with Crippen LogP contribution in [-0.2, 0) is 29.7 Å². The highest BCUT2D eigenvalue weighted by Crippen LogP contribution is 2.10. The summed E-state index contributed by atoms with van der Waals surface area (Å²) in [5.74, 6) is 3.30. The molecule has 1 aliphatic rings. The fourth-order valence-corrected chi connectivity index (χ4v) is 2.88. The summed E-state index contributed by atoms with van der Waals surface area (Å²) in [5.41, 5.74) is 0. The van der Waals surface area contributed by atoms with E-state index in [1.165, 1.54) is 0 Å². The van der Waals surface area contributed by atoms with Crippen LogP contribution < -0.4 is 10.6 Å². The number of ether oxygens (including phenoxy) is 2. The highest BCUT2D eigenvalue weighted by atomic mass is 127. The van der Waals surface area contributed by atoms with Gasteiger partial charge in [0.1, 0.15) is 24.7 Å². The van der Waals surface area contributed by atoms with Gasteiger partial charge in [0, 0.05) is 33.4 Å². The zero-order valence-corrected chi connectivity index (χ0v) is 19.4. The first-order valence-corrected chi connectivity index (χ1v) is 9.81. The molecule has 1 unspecified atom stereocenters. The van der Waals surface area contributed by atoms with Crippen LogP contribution in [0.3, 0.4) is 0 Å². The maximum atomic E-state index is 5.68. The Morgan fingerprint density at radius 3 is 2.97 bits per heavy atom. The van der Waals surface area contributed by atoms with E-state index in [-0.39, 0.29) is 30.1 Å². The van der Waals surface area contributed by atoms with Crippen LogP contribution in [0.2, 0.25) is 0 Å². The monoisotopic (exact) mass is 518 g/mol. The van der Waals surface area contributed by atoms with Gasteiger partial charge in [0.15, 0.2) is 11.8 Å². The zero-order chi connectivity index (χ0) is 19.6. The van der Waals surface area contributed by atoms with Crippen molar-refractivity contribution < 1.29 is 13.9 Å². The third-order valence-corrected chi connectivity index (χ3v) is 4.66. The summed E-state index contributed by atoms with van der Waals surface area (Å²) in [6.45, 7) is 5.89. The molecule has 0 amide bonds. The molecular weight excluding hydrogens is 487 g/mol. The van der Waals surface area contributed by atoms with Gasteiger partial charge in [-0.1, -0.05) is 0 Å². The second-order valence-corrected chi connectivity index (χ2v) is 6.82. The molecule has 0 bridgehead atoms. The number of hydrogen-bond acceptors (Lipinski definition) is 6. The van der Waals surface area contributed by atoms with Crippen LogP contribution in [0.5, 0.6) is 0 Å². The van der Waals surface area contributed by atoms with E-state index in [9.17, 15) is 0 Å².